The third-order valence-electron chi connectivity index (χ3n) is 2.30. The number of hydrogen-bond acceptors (Lipinski definition) is 2. The fraction of sp³-hybridized carbons (Fsp3) is 1.00. The Balaban J connectivity index is 2.91. The Hall–Kier alpha value is 0.700. The first-order valence-electron chi connectivity index (χ1n) is 5.49. The van der Waals surface area contributed by atoms with Crippen molar-refractivity contribution in [1.82, 2.24) is 0 Å². The van der Waals surface area contributed by atoms with E-state index in [1.165, 1.54) is 43.6 Å². The molecule has 0 spiro atoms. The molecule has 0 amide bonds. The second kappa shape index (κ2) is 10.8. The van der Waals surface area contributed by atoms with E-state index in [1.54, 1.807) is 0 Å². The molecule has 0 nitrogen and oxygen atoms in total. The van der Waals surface area contributed by atoms with Crippen molar-refractivity contribution in [1.29, 1.82) is 0 Å². The lowest BCUT2D eigenvalue weighted by Crippen LogP contribution is -1.96. The number of hydrogen-bond donors (Lipinski definition) is 1. The van der Waals surface area contributed by atoms with Crippen LogP contribution in [-0.2, 0) is 0 Å². The average molecular weight is 220 g/mol. The van der Waals surface area contributed by atoms with Crippen LogP contribution < -0.4 is 0 Å². The van der Waals surface area contributed by atoms with Gasteiger partial charge in [-0.25, -0.2) is 0 Å². The molecule has 0 fully saturated rings. The number of rotatable bonds is 9. The molecule has 0 N–H and O–H groups in total. The van der Waals surface area contributed by atoms with Gasteiger partial charge in [-0.3, -0.25) is 0 Å². The summed E-state index contributed by atoms with van der Waals surface area (Å²) < 4.78 is 0. The zero-order valence-corrected chi connectivity index (χ0v) is 10.8. The molecule has 1 unspecified atom stereocenters. The first-order valence-corrected chi connectivity index (χ1v) is 7.28. The van der Waals surface area contributed by atoms with Gasteiger partial charge in [-0.1, -0.05) is 33.1 Å². The fourth-order valence-electron chi connectivity index (χ4n) is 1.07. The van der Waals surface area contributed by atoms with E-state index in [9.17, 15) is 0 Å². The standard InChI is InChI=1S/C11H24S2/c1-3-11(2)10-13-9-7-5-4-6-8-12/h11-12H,3-10H2,1-2H3. The van der Waals surface area contributed by atoms with E-state index >= 15 is 0 Å². The minimum atomic E-state index is 0.905. The predicted octanol–water partition coefficient (Wildman–Crippen LogP) is 4.26. The van der Waals surface area contributed by atoms with Gasteiger partial charge in [0, 0.05) is 0 Å². The van der Waals surface area contributed by atoms with Gasteiger partial charge < -0.3 is 0 Å². The molecule has 1 atom stereocenters. The summed E-state index contributed by atoms with van der Waals surface area (Å²) in [7, 11) is 0. The average Bonchev–Trinajstić information content (AvgIpc) is 2.16. The second-order valence-electron chi connectivity index (χ2n) is 3.73. The Morgan fingerprint density at radius 1 is 1.15 bits per heavy atom. The number of thioether (sulfide) groups is 1. The van der Waals surface area contributed by atoms with E-state index in [2.05, 4.69) is 38.2 Å². The summed E-state index contributed by atoms with van der Waals surface area (Å²) in [6.07, 6.45) is 6.78. The Bertz CT molecular complexity index is 94.1. The number of unbranched alkanes of at least 4 members (excludes halogenated alkanes) is 3. The monoisotopic (exact) mass is 220 g/mol. The molecular weight excluding hydrogens is 196 g/mol. The SMILES string of the molecule is CCC(C)CSCCCCCCS. The van der Waals surface area contributed by atoms with E-state index < -0.39 is 0 Å². The van der Waals surface area contributed by atoms with Crippen molar-refractivity contribution in [2.45, 2.75) is 46.0 Å². The van der Waals surface area contributed by atoms with E-state index in [0.717, 1.165) is 11.7 Å². The van der Waals surface area contributed by atoms with Crippen LogP contribution in [-0.4, -0.2) is 17.3 Å². The van der Waals surface area contributed by atoms with Crippen LogP contribution in [0.3, 0.4) is 0 Å². The Labute approximate surface area is 93.7 Å². The summed E-state index contributed by atoms with van der Waals surface area (Å²) in [6.45, 7) is 4.62. The zero-order valence-electron chi connectivity index (χ0n) is 9.09. The van der Waals surface area contributed by atoms with Crippen molar-refractivity contribution in [3.63, 3.8) is 0 Å². The molecule has 0 saturated carbocycles. The normalized spacial score (nSPS) is 13.2. The molecule has 2 heteroatoms. The van der Waals surface area contributed by atoms with Crippen molar-refractivity contribution in [3.05, 3.63) is 0 Å². The summed E-state index contributed by atoms with van der Waals surface area (Å²) in [5.74, 6) is 4.67. The maximum Gasteiger partial charge on any atom is -0.00419 e. The molecule has 0 bridgehead atoms. The lowest BCUT2D eigenvalue weighted by atomic mass is 10.2. The van der Waals surface area contributed by atoms with Crippen LogP contribution in [0, 0.1) is 5.92 Å². The maximum atomic E-state index is 4.20. The summed E-state index contributed by atoms with van der Waals surface area (Å²) in [4.78, 5) is 0. The highest BCUT2D eigenvalue weighted by Crippen LogP contribution is 2.13. The lowest BCUT2D eigenvalue weighted by Gasteiger charge is -2.07. The topological polar surface area (TPSA) is 0 Å². The summed E-state index contributed by atoms with van der Waals surface area (Å²) in [6, 6.07) is 0. The lowest BCUT2D eigenvalue weighted by molar-refractivity contribution is 0.636. The van der Waals surface area contributed by atoms with Gasteiger partial charge in [0.2, 0.25) is 0 Å². The fourth-order valence-corrected chi connectivity index (χ4v) is 2.51. The Morgan fingerprint density at radius 3 is 2.46 bits per heavy atom. The van der Waals surface area contributed by atoms with E-state index in [0.29, 0.717) is 0 Å². The van der Waals surface area contributed by atoms with Crippen molar-refractivity contribution in [2.24, 2.45) is 5.92 Å². The zero-order chi connectivity index (χ0) is 9.94. The van der Waals surface area contributed by atoms with Gasteiger partial charge in [0.1, 0.15) is 0 Å². The van der Waals surface area contributed by atoms with Crippen LogP contribution >= 0.6 is 24.4 Å². The summed E-state index contributed by atoms with van der Waals surface area (Å²) in [5.41, 5.74) is 0. The van der Waals surface area contributed by atoms with Crippen LogP contribution in [0.2, 0.25) is 0 Å². The molecule has 0 aromatic heterocycles. The highest BCUT2D eigenvalue weighted by atomic mass is 32.2. The first-order chi connectivity index (χ1) is 6.31. The molecule has 0 saturated heterocycles. The van der Waals surface area contributed by atoms with Crippen molar-refractivity contribution >= 4 is 24.4 Å². The largest absolute Gasteiger partial charge is 0.179 e. The molecule has 13 heavy (non-hydrogen) atoms. The van der Waals surface area contributed by atoms with Gasteiger partial charge in [0.05, 0.1) is 0 Å². The summed E-state index contributed by atoms with van der Waals surface area (Å²) in [5, 5.41) is 0. The third-order valence-corrected chi connectivity index (χ3v) is 3.99. The highest BCUT2D eigenvalue weighted by molar-refractivity contribution is 7.99. The molecule has 0 radical (unpaired) electrons. The van der Waals surface area contributed by atoms with Gasteiger partial charge in [-0.2, -0.15) is 24.4 Å². The van der Waals surface area contributed by atoms with E-state index in [1.807, 2.05) is 0 Å². The maximum absolute atomic E-state index is 4.20. The highest BCUT2D eigenvalue weighted by Gasteiger charge is 1.97. The number of thiol groups is 1. The molecule has 0 aliphatic heterocycles. The van der Waals surface area contributed by atoms with Gasteiger partial charge in [0.15, 0.2) is 0 Å². The minimum absolute atomic E-state index is 0.905. The Morgan fingerprint density at radius 2 is 1.85 bits per heavy atom. The van der Waals surface area contributed by atoms with Crippen molar-refractivity contribution in [2.75, 3.05) is 17.3 Å². The van der Waals surface area contributed by atoms with E-state index in [4.69, 9.17) is 0 Å². The smallest absolute Gasteiger partial charge is 0.00419 e. The van der Waals surface area contributed by atoms with Crippen LogP contribution in [0.15, 0.2) is 0 Å². The first kappa shape index (κ1) is 13.7. The molecule has 0 aliphatic carbocycles. The molecule has 0 heterocycles. The molecular formula is C11H24S2. The molecule has 0 aromatic rings. The van der Waals surface area contributed by atoms with Gasteiger partial charge in [-0.15, -0.1) is 0 Å². The second-order valence-corrected chi connectivity index (χ2v) is 5.32. The van der Waals surface area contributed by atoms with Crippen molar-refractivity contribution < 1.29 is 0 Å². The predicted molar refractivity (Wildman–Crippen MR) is 69.1 cm³/mol. The molecule has 80 valence electrons. The third kappa shape index (κ3) is 10.6. The van der Waals surface area contributed by atoms with Gasteiger partial charge in [-0.05, 0) is 36.0 Å². The molecule has 0 rings (SSSR count). The Kier molecular flexibility index (Phi) is 11.4. The minimum Gasteiger partial charge on any atom is -0.179 e. The van der Waals surface area contributed by atoms with Crippen LogP contribution in [0.1, 0.15) is 46.0 Å². The van der Waals surface area contributed by atoms with Gasteiger partial charge in [0.25, 0.3) is 0 Å². The quantitative estimate of drug-likeness (QED) is 0.447. The van der Waals surface area contributed by atoms with Crippen molar-refractivity contribution in [3.8, 4) is 0 Å². The van der Waals surface area contributed by atoms with Crippen LogP contribution in [0.4, 0.5) is 0 Å². The van der Waals surface area contributed by atoms with E-state index in [-0.39, 0.29) is 0 Å². The molecule has 0 aliphatic rings. The van der Waals surface area contributed by atoms with Crippen LogP contribution in [0.25, 0.3) is 0 Å². The van der Waals surface area contributed by atoms with Gasteiger partial charge >= 0.3 is 0 Å². The molecule has 0 aromatic carbocycles. The summed E-state index contributed by atoms with van der Waals surface area (Å²) >= 11 is 6.32. The van der Waals surface area contributed by atoms with Crippen LogP contribution in [0.5, 0.6) is 0 Å².